The summed E-state index contributed by atoms with van der Waals surface area (Å²) in [6, 6.07) is 17.0. The minimum Gasteiger partial charge on any atom is -0.497 e. The zero-order valence-corrected chi connectivity index (χ0v) is 18.0. The van der Waals surface area contributed by atoms with Crippen molar-refractivity contribution < 1.29 is 14.2 Å². The van der Waals surface area contributed by atoms with Crippen LogP contribution in [0.25, 0.3) is 11.3 Å². The lowest BCUT2D eigenvalue weighted by Gasteiger charge is -2.29. The minimum absolute atomic E-state index is 0.637. The Hall–Kier alpha value is -2.70. The third kappa shape index (κ3) is 3.61. The number of morpholine rings is 1. The van der Waals surface area contributed by atoms with Crippen molar-refractivity contribution in [3.63, 3.8) is 0 Å². The first kappa shape index (κ1) is 19.3. The van der Waals surface area contributed by atoms with Crippen LogP contribution in [0.15, 0.2) is 58.3 Å². The second-order valence-electron chi connectivity index (χ2n) is 7.40. The molecule has 0 N–H and O–H groups in total. The summed E-state index contributed by atoms with van der Waals surface area (Å²) >= 11 is 1.81. The fraction of sp³-hybridized carbons (Fsp3) is 0.292. The van der Waals surface area contributed by atoms with Gasteiger partial charge in [0, 0.05) is 40.2 Å². The summed E-state index contributed by atoms with van der Waals surface area (Å²) in [6.45, 7) is 3.25. The van der Waals surface area contributed by atoms with Gasteiger partial charge in [-0.05, 0) is 41.8 Å². The van der Waals surface area contributed by atoms with E-state index in [2.05, 4.69) is 41.3 Å². The Balaban J connectivity index is 1.56. The van der Waals surface area contributed by atoms with E-state index in [9.17, 15) is 0 Å². The molecule has 1 fully saturated rings. The molecular weight excluding hydrogens is 396 g/mol. The van der Waals surface area contributed by atoms with Crippen LogP contribution in [0.1, 0.15) is 11.1 Å². The maximum absolute atomic E-state index is 5.54. The van der Waals surface area contributed by atoms with Crippen LogP contribution >= 0.6 is 11.8 Å². The number of rotatable bonds is 4. The smallest absolute Gasteiger partial charge is 0.215 e. The molecule has 1 aromatic heterocycles. The Morgan fingerprint density at radius 2 is 1.83 bits per heavy atom. The normalized spacial score (nSPS) is 15.3. The highest BCUT2D eigenvalue weighted by atomic mass is 32.2. The molecule has 1 saturated heterocycles. The lowest BCUT2D eigenvalue weighted by atomic mass is 10.00. The quantitative estimate of drug-likeness (QED) is 0.479. The van der Waals surface area contributed by atoms with Crippen molar-refractivity contribution in [3.8, 4) is 22.9 Å². The number of methoxy groups -OCH3 is 2. The highest BCUT2D eigenvalue weighted by Crippen LogP contribution is 2.45. The van der Waals surface area contributed by atoms with Crippen LogP contribution in [0.4, 0.5) is 5.69 Å². The van der Waals surface area contributed by atoms with E-state index in [1.54, 1.807) is 14.2 Å². The van der Waals surface area contributed by atoms with Gasteiger partial charge in [-0.1, -0.05) is 30.0 Å². The van der Waals surface area contributed by atoms with Gasteiger partial charge in [0.15, 0.2) is 0 Å². The van der Waals surface area contributed by atoms with Gasteiger partial charge in [-0.25, -0.2) is 4.98 Å². The first-order valence-corrected chi connectivity index (χ1v) is 10.9. The topological polar surface area (TPSA) is 43.8 Å². The standard InChI is InChI=1S/C24H24N2O3S/c1-27-19-6-7-22-17(13-19)12-16-4-3-5-20(24(16)30-22)21-14-18(15-23(25-21)28-2)26-8-10-29-11-9-26/h3-7,13-15H,8-12H2,1-2H3. The number of anilines is 1. The second-order valence-corrected chi connectivity index (χ2v) is 8.45. The minimum atomic E-state index is 0.637. The van der Waals surface area contributed by atoms with E-state index in [-0.39, 0.29) is 0 Å². The number of ether oxygens (including phenoxy) is 3. The Bertz CT molecular complexity index is 1080. The predicted molar refractivity (Wildman–Crippen MR) is 119 cm³/mol. The molecule has 3 heterocycles. The molecule has 0 spiro atoms. The molecule has 0 unspecified atom stereocenters. The molecule has 0 amide bonds. The summed E-state index contributed by atoms with van der Waals surface area (Å²) in [6.07, 6.45) is 0.892. The van der Waals surface area contributed by atoms with Crippen molar-refractivity contribution in [3.05, 3.63) is 59.7 Å². The number of nitrogens with zero attached hydrogens (tertiary/aromatic N) is 2. The zero-order valence-electron chi connectivity index (χ0n) is 17.2. The van der Waals surface area contributed by atoms with Gasteiger partial charge in [-0.2, -0.15) is 0 Å². The zero-order chi connectivity index (χ0) is 20.5. The van der Waals surface area contributed by atoms with E-state index in [0.717, 1.165) is 55.4 Å². The maximum atomic E-state index is 5.54. The molecule has 5 rings (SSSR count). The molecule has 154 valence electrons. The molecular formula is C24H24N2O3S. The van der Waals surface area contributed by atoms with Gasteiger partial charge in [-0.15, -0.1) is 0 Å². The first-order valence-electron chi connectivity index (χ1n) is 10.1. The van der Waals surface area contributed by atoms with Gasteiger partial charge in [0.1, 0.15) is 5.75 Å². The van der Waals surface area contributed by atoms with Crippen LogP contribution in [-0.4, -0.2) is 45.5 Å². The highest BCUT2D eigenvalue weighted by Gasteiger charge is 2.22. The average molecular weight is 421 g/mol. The molecule has 30 heavy (non-hydrogen) atoms. The van der Waals surface area contributed by atoms with Crippen LogP contribution in [0.2, 0.25) is 0 Å². The third-order valence-corrected chi connectivity index (χ3v) is 6.91. The summed E-state index contributed by atoms with van der Waals surface area (Å²) in [5, 5.41) is 0. The molecule has 0 bridgehead atoms. The van der Waals surface area contributed by atoms with Crippen LogP contribution in [0, 0.1) is 0 Å². The van der Waals surface area contributed by atoms with Gasteiger partial charge < -0.3 is 19.1 Å². The molecule has 0 radical (unpaired) electrons. The van der Waals surface area contributed by atoms with Crippen molar-refractivity contribution in [1.29, 1.82) is 0 Å². The maximum Gasteiger partial charge on any atom is 0.215 e. The Labute approximate surface area is 181 Å². The van der Waals surface area contributed by atoms with E-state index in [4.69, 9.17) is 19.2 Å². The second kappa shape index (κ2) is 8.20. The van der Waals surface area contributed by atoms with Crippen molar-refractivity contribution >= 4 is 17.4 Å². The summed E-state index contributed by atoms with van der Waals surface area (Å²) in [4.78, 5) is 9.67. The van der Waals surface area contributed by atoms with Gasteiger partial charge in [0.05, 0.1) is 33.1 Å². The van der Waals surface area contributed by atoms with Crippen LogP contribution in [0.3, 0.4) is 0 Å². The fourth-order valence-corrected chi connectivity index (χ4v) is 5.19. The molecule has 3 aromatic rings. The SMILES string of the molecule is COc1ccc2c(c1)Cc1cccc(-c3cc(N4CCOCC4)cc(OC)n3)c1S2. The highest BCUT2D eigenvalue weighted by molar-refractivity contribution is 7.99. The number of aromatic nitrogens is 1. The average Bonchev–Trinajstić information content (AvgIpc) is 2.82. The third-order valence-electron chi connectivity index (χ3n) is 5.61. The molecule has 2 aliphatic heterocycles. The predicted octanol–water partition coefficient (Wildman–Crippen LogP) is 4.66. The fourth-order valence-electron chi connectivity index (χ4n) is 4.02. The van der Waals surface area contributed by atoms with Gasteiger partial charge in [-0.3, -0.25) is 0 Å². The van der Waals surface area contributed by atoms with E-state index >= 15 is 0 Å². The number of benzene rings is 2. The Morgan fingerprint density at radius 3 is 2.63 bits per heavy atom. The number of fused-ring (bicyclic) bond motifs is 2. The van der Waals surface area contributed by atoms with Crippen LogP contribution in [-0.2, 0) is 11.2 Å². The summed E-state index contributed by atoms with van der Waals surface area (Å²) in [5.74, 6) is 1.54. The van der Waals surface area contributed by atoms with E-state index in [0.29, 0.717) is 5.88 Å². The molecule has 2 aromatic carbocycles. The molecule has 5 nitrogen and oxygen atoms in total. The van der Waals surface area contributed by atoms with Crippen LogP contribution < -0.4 is 14.4 Å². The van der Waals surface area contributed by atoms with E-state index in [1.165, 1.54) is 20.9 Å². The molecule has 2 aliphatic rings. The molecule has 0 atom stereocenters. The first-order chi connectivity index (χ1) is 14.7. The molecule has 6 heteroatoms. The number of pyridine rings is 1. The Kier molecular flexibility index (Phi) is 5.27. The van der Waals surface area contributed by atoms with Gasteiger partial charge in [0.25, 0.3) is 0 Å². The van der Waals surface area contributed by atoms with Gasteiger partial charge >= 0.3 is 0 Å². The summed E-state index contributed by atoms with van der Waals surface area (Å²) in [7, 11) is 3.39. The summed E-state index contributed by atoms with van der Waals surface area (Å²) in [5.41, 5.74) is 5.83. The monoisotopic (exact) mass is 420 g/mol. The van der Waals surface area contributed by atoms with Crippen molar-refractivity contribution in [2.45, 2.75) is 16.2 Å². The lowest BCUT2D eigenvalue weighted by Crippen LogP contribution is -2.36. The number of hydrogen-bond donors (Lipinski definition) is 0. The van der Waals surface area contributed by atoms with Crippen molar-refractivity contribution in [2.75, 3.05) is 45.4 Å². The molecule has 0 aliphatic carbocycles. The largest absolute Gasteiger partial charge is 0.497 e. The van der Waals surface area contributed by atoms with Crippen molar-refractivity contribution in [2.24, 2.45) is 0 Å². The van der Waals surface area contributed by atoms with Crippen LogP contribution in [0.5, 0.6) is 11.6 Å². The van der Waals surface area contributed by atoms with Gasteiger partial charge in [0.2, 0.25) is 5.88 Å². The molecule has 0 saturated carbocycles. The van der Waals surface area contributed by atoms with Crippen molar-refractivity contribution in [1.82, 2.24) is 4.98 Å². The van der Waals surface area contributed by atoms with E-state index in [1.807, 2.05) is 23.9 Å². The summed E-state index contributed by atoms with van der Waals surface area (Å²) < 4.78 is 16.5. The Morgan fingerprint density at radius 1 is 0.967 bits per heavy atom. The van der Waals surface area contributed by atoms with E-state index < -0.39 is 0 Å². The lowest BCUT2D eigenvalue weighted by molar-refractivity contribution is 0.122. The number of hydrogen-bond acceptors (Lipinski definition) is 6.